The molecule has 2 rings (SSSR count). The third-order valence-electron chi connectivity index (χ3n) is 2.11. The van der Waals surface area contributed by atoms with Crippen molar-refractivity contribution in [1.82, 2.24) is 0 Å². The Morgan fingerprint density at radius 3 is 2.80 bits per heavy atom. The Labute approximate surface area is 93.6 Å². The average Bonchev–Trinajstić information content (AvgIpc) is 2.66. The minimum absolute atomic E-state index is 0.926. The Balaban J connectivity index is 1.93. The van der Waals surface area contributed by atoms with E-state index in [1.807, 2.05) is 42.6 Å². The van der Waals surface area contributed by atoms with Gasteiger partial charge in [-0.15, -0.1) is 4.68 Å². The highest BCUT2D eigenvalue weighted by atomic mass is 32.2. The van der Waals surface area contributed by atoms with Crippen LogP contribution in [0.4, 0.5) is 5.69 Å². The second kappa shape index (κ2) is 4.89. The van der Waals surface area contributed by atoms with Gasteiger partial charge in [0, 0.05) is 18.0 Å². The number of nitrogens with zero attached hydrogens (tertiary/aromatic N) is 1. The van der Waals surface area contributed by atoms with E-state index in [4.69, 9.17) is 5.84 Å². The minimum atomic E-state index is 0.926. The molecule has 1 aromatic carbocycles. The number of hydrogen-bond donors (Lipinski definition) is 2. The number of nitrogens with two attached hydrogens (primary N) is 1. The van der Waals surface area contributed by atoms with Crippen LogP contribution in [-0.2, 0) is 0 Å². The lowest BCUT2D eigenvalue weighted by Crippen LogP contribution is -2.21. The summed E-state index contributed by atoms with van der Waals surface area (Å²) in [4.78, 5) is 0. The molecule has 15 heavy (non-hydrogen) atoms. The van der Waals surface area contributed by atoms with Crippen molar-refractivity contribution in [1.29, 1.82) is 0 Å². The van der Waals surface area contributed by atoms with Crippen LogP contribution in [0.25, 0.3) is 0 Å². The number of rotatable bonds is 3. The first kappa shape index (κ1) is 10.1. The Morgan fingerprint density at radius 1 is 1.33 bits per heavy atom. The van der Waals surface area contributed by atoms with E-state index in [9.17, 15) is 0 Å². The molecule has 0 atom stereocenters. The molecule has 4 heteroatoms. The van der Waals surface area contributed by atoms with Crippen molar-refractivity contribution in [2.45, 2.75) is 0 Å². The molecule has 78 valence electrons. The van der Waals surface area contributed by atoms with Gasteiger partial charge in [-0.05, 0) is 23.9 Å². The third kappa shape index (κ3) is 2.76. The summed E-state index contributed by atoms with van der Waals surface area (Å²) in [6.07, 6.45) is 3.92. The van der Waals surface area contributed by atoms with Crippen LogP contribution in [0.5, 0.6) is 0 Å². The summed E-state index contributed by atoms with van der Waals surface area (Å²) in [6, 6.07) is 10.1. The number of nitrogens with one attached hydrogen (secondary N) is 1. The molecule has 1 aliphatic rings. The van der Waals surface area contributed by atoms with E-state index in [1.165, 1.54) is 0 Å². The van der Waals surface area contributed by atoms with Gasteiger partial charge in [-0.2, -0.15) is 0 Å². The lowest BCUT2D eigenvalue weighted by molar-refractivity contribution is -0.528. The molecular formula is C11H14N3S+. The zero-order valence-electron chi connectivity index (χ0n) is 8.39. The normalized spacial score (nSPS) is 16.3. The van der Waals surface area contributed by atoms with E-state index in [0.29, 0.717) is 0 Å². The Bertz CT molecular complexity index is 384. The summed E-state index contributed by atoms with van der Waals surface area (Å²) in [6.45, 7) is 0.926. The van der Waals surface area contributed by atoms with Gasteiger partial charge in [-0.1, -0.05) is 18.2 Å². The molecule has 1 aromatic rings. The second-order valence-corrected chi connectivity index (χ2v) is 4.34. The van der Waals surface area contributed by atoms with Crippen molar-refractivity contribution in [2.75, 3.05) is 17.6 Å². The largest absolute Gasteiger partial charge is 0.361 e. The summed E-state index contributed by atoms with van der Waals surface area (Å²) in [7, 11) is 0. The first-order valence-electron chi connectivity index (χ1n) is 4.86. The maximum Gasteiger partial charge on any atom is 0.264 e. The molecule has 0 radical (unpaired) electrons. The number of para-hydroxylation sites is 1. The number of thioether (sulfide) groups is 1. The van der Waals surface area contributed by atoms with Crippen molar-refractivity contribution in [3.05, 3.63) is 42.6 Å². The average molecular weight is 220 g/mol. The molecule has 0 saturated carbocycles. The number of hydrazine groups is 1. The maximum atomic E-state index is 5.75. The molecule has 0 saturated heterocycles. The van der Waals surface area contributed by atoms with Gasteiger partial charge in [0.1, 0.15) is 0 Å². The van der Waals surface area contributed by atoms with Crippen molar-refractivity contribution >= 4 is 22.5 Å². The van der Waals surface area contributed by atoms with Crippen LogP contribution in [-0.4, -0.2) is 22.0 Å². The highest BCUT2D eigenvalue weighted by Gasteiger charge is 2.17. The fourth-order valence-electron chi connectivity index (χ4n) is 1.33. The fraction of sp³-hybridized carbons (Fsp3) is 0.182. The van der Waals surface area contributed by atoms with Crippen LogP contribution < -0.4 is 11.2 Å². The summed E-state index contributed by atoms with van der Waals surface area (Å²) in [5.41, 5.74) is 1.08. The van der Waals surface area contributed by atoms with Gasteiger partial charge in [0.25, 0.3) is 5.04 Å². The van der Waals surface area contributed by atoms with Gasteiger partial charge >= 0.3 is 0 Å². The maximum absolute atomic E-state index is 5.75. The molecule has 0 unspecified atom stereocenters. The lowest BCUT2D eigenvalue weighted by atomic mass is 10.3. The standard InChI is InChI=1S/C11H13N3S/c12-14-8-9-15-11(14)6-7-13-10-4-2-1-3-5-10/h1-7H,8-9,12H2/p+1. The molecule has 0 aliphatic carbocycles. The van der Waals surface area contributed by atoms with Crippen molar-refractivity contribution in [2.24, 2.45) is 5.84 Å². The van der Waals surface area contributed by atoms with Crippen molar-refractivity contribution in [3.8, 4) is 0 Å². The predicted octanol–water partition coefficient (Wildman–Crippen LogP) is 1.64. The van der Waals surface area contributed by atoms with Crippen LogP contribution in [0.2, 0.25) is 0 Å². The van der Waals surface area contributed by atoms with Crippen LogP contribution >= 0.6 is 11.8 Å². The molecule has 0 bridgehead atoms. The number of hydrogen-bond acceptors (Lipinski definition) is 3. The highest BCUT2D eigenvalue weighted by molar-refractivity contribution is 8.14. The minimum Gasteiger partial charge on any atom is -0.361 e. The molecule has 0 spiro atoms. The Hall–Kier alpha value is -1.42. The Morgan fingerprint density at radius 2 is 2.13 bits per heavy atom. The smallest absolute Gasteiger partial charge is 0.264 e. The van der Waals surface area contributed by atoms with Gasteiger partial charge in [0.2, 0.25) is 0 Å². The first-order chi connectivity index (χ1) is 7.36. The molecule has 3 nitrogen and oxygen atoms in total. The van der Waals surface area contributed by atoms with E-state index < -0.39 is 0 Å². The van der Waals surface area contributed by atoms with E-state index in [0.717, 1.165) is 23.0 Å². The van der Waals surface area contributed by atoms with Crippen LogP contribution in [0.15, 0.2) is 42.6 Å². The molecule has 0 aromatic heterocycles. The van der Waals surface area contributed by atoms with Crippen LogP contribution in [0, 0.1) is 0 Å². The summed E-state index contributed by atoms with van der Waals surface area (Å²) < 4.78 is 1.77. The monoisotopic (exact) mass is 220 g/mol. The van der Waals surface area contributed by atoms with Gasteiger partial charge in [-0.3, -0.25) is 0 Å². The Kier molecular flexibility index (Phi) is 3.29. The van der Waals surface area contributed by atoms with Crippen molar-refractivity contribution in [3.63, 3.8) is 0 Å². The molecule has 1 aliphatic heterocycles. The summed E-state index contributed by atoms with van der Waals surface area (Å²) >= 11 is 1.78. The van der Waals surface area contributed by atoms with Crippen LogP contribution in [0.1, 0.15) is 0 Å². The van der Waals surface area contributed by atoms with E-state index in [2.05, 4.69) is 5.32 Å². The SMILES string of the molecule is N[N+]1=C(/C=C/Nc2ccccc2)SCC1. The molecular weight excluding hydrogens is 206 g/mol. The zero-order valence-corrected chi connectivity index (χ0v) is 9.20. The number of hydrazone groups is 1. The van der Waals surface area contributed by atoms with E-state index >= 15 is 0 Å². The zero-order chi connectivity index (χ0) is 10.5. The topological polar surface area (TPSA) is 41.1 Å². The second-order valence-electron chi connectivity index (χ2n) is 3.22. The molecule has 0 fully saturated rings. The molecule has 0 amide bonds. The van der Waals surface area contributed by atoms with Crippen LogP contribution in [0.3, 0.4) is 0 Å². The van der Waals surface area contributed by atoms with E-state index in [-0.39, 0.29) is 0 Å². The lowest BCUT2D eigenvalue weighted by Gasteiger charge is -1.97. The fourth-order valence-corrected chi connectivity index (χ4v) is 2.25. The predicted molar refractivity (Wildman–Crippen MR) is 66.0 cm³/mol. The third-order valence-corrected chi connectivity index (χ3v) is 3.17. The quantitative estimate of drug-likeness (QED) is 0.601. The molecule has 3 N–H and O–H groups in total. The van der Waals surface area contributed by atoms with E-state index in [1.54, 1.807) is 16.4 Å². The van der Waals surface area contributed by atoms with Gasteiger partial charge in [0.15, 0.2) is 6.54 Å². The number of anilines is 1. The van der Waals surface area contributed by atoms with Gasteiger partial charge in [-0.25, -0.2) is 5.84 Å². The van der Waals surface area contributed by atoms with Gasteiger partial charge < -0.3 is 5.32 Å². The number of benzene rings is 1. The van der Waals surface area contributed by atoms with Gasteiger partial charge in [0.05, 0.1) is 5.75 Å². The first-order valence-corrected chi connectivity index (χ1v) is 5.85. The molecule has 1 heterocycles. The summed E-state index contributed by atoms with van der Waals surface area (Å²) in [5, 5.41) is 4.30. The summed E-state index contributed by atoms with van der Waals surface area (Å²) in [5.74, 6) is 6.83. The van der Waals surface area contributed by atoms with Crippen molar-refractivity contribution < 1.29 is 4.68 Å². The highest BCUT2D eigenvalue weighted by Crippen LogP contribution is 2.11.